The van der Waals surface area contributed by atoms with Crippen LogP contribution in [0.15, 0.2) is 24.4 Å². The average Bonchev–Trinajstić information content (AvgIpc) is 2.68. The smallest absolute Gasteiger partial charge is 0.137 e. The highest BCUT2D eigenvalue weighted by atomic mass is 16.2. The Hall–Kier alpha value is -1.39. The van der Waals surface area contributed by atoms with E-state index in [9.17, 15) is 0 Å². The number of nitrogens with zero attached hydrogens (tertiary/aromatic N) is 2. The zero-order chi connectivity index (χ0) is 10.7. The van der Waals surface area contributed by atoms with Crippen molar-refractivity contribution in [2.45, 2.75) is 19.4 Å². The predicted octanol–water partition coefficient (Wildman–Crippen LogP) is 0.718. The van der Waals surface area contributed by atoms with Crippen molar-refractivity contribution in [3.63, 3.8) is 0 Å². The molecule has 0 amide bonds. The van der Waals surface area contributed by atoms with Crippen LogP contribution in [0.2, 0.25) is 0 Å². The lowest BCUT2D eigenvalue weighted by Crippen LogP contribution is -2.02. The first-order valence-electron chi connectivity index (χ1n) is 5.12. The molecule has 3 N–H and O–H groups in total. The Balaban J connectivity index is 2.37. The van der Waals surface area contributed by atoms with E-state index in [0.717, 1.165) is 29.9 Å². The van der Waals surface area contributed by atoms with E-state index in [1.807, 2.05) is 28.8 Å². The molecule has 2 rings (SSSR count). The number of hydrogen-bond donors (Lipinski definition) is 2. The van der Waals surface area contributed by atoms with Crippen molar-refractivity contribution in [3.05, 3.63) is 35.8 Å². The summed E-state index contributed by atoms with van der Waals surface area (Å²) in [6, 6.07) is 5.91. The third-order valence-electron chi connectivity index (χ3n) is 2.43. The van der Waals surface area contributed by atoms with Gasteiger partial charge in [0.25, 0.3) is 0 Å². The highest BCUT2D eigenvalue weighted by Crippen LogP contribution is 2.10. The van der Waals surface area contributed by atoms with E-state index < -0.39 is 0 Å². The van der Waals surface area contributed by atoms with E-state index >= 15 is 0 Å². The van der Waals surface area contributed by atoms with Crippen molar-refractivity contribution < 1.29 is 5.11 Å². The molecular weight excluding hydrogens is 190 g/mol. The van der Waals surface area contributed by atoms with Gasteiger partial charge in [0.2, 0.25) is 0 Å². The first-order valence-corrected chi connectivity index (χ1v) is 5.12. The zero-order valence-electron chi connectivity index (χ0n) is 8.56. The molecule has 4 heteroatoms. The van der Waals surface area contributed by atoms with Crippen LogP contribution in [0.25, 0.3) is 5.65 Å². The van der Waals surface area contributed by atoms with Gasteiger partial charge in [-0.25, -0.2) is 4.98 Å². The van der Waals surface area contributed by atoms with Crippen LogP contribution in [-0.2, 0) is 13.0 Å². The Morgan fingerprint density at radius 3 is 3.00 bits per heavy atom. The molecule has 0 bridgehead atoms. The largest absolute Gasteiger partial charge is 0.396 e. The van der Waals surface area contributed by atoms with Crippen LogP contribution in [0.1, 0.15) is 17.8 Å². The molecule has 0 radical (unpaired) electrons. The maximum atomic E-state index is 8.75. The van der Waals surface area contributed by atoms with Crippen molar-refractivity contribution in [1.29, 1.82) is 0 Å². The second kappa shape index (κ2) is 4.42. The number of nitrogens with two attached hydrogens (primary N) is 1. The quantitative estimate of drug-likeness (QED) is 0.773. The zero-order valence-corrected chi connectivity index (χ0v) is 8.56. The van der Waals surface area contributed by atoms with Crippen LogP contribution in [0.5, 0.6) is 0 Å². The van der Waals surface area contributed by atoms with E-state index in [4.69, 9.17) is 10.8 Å². The Bertz CT molecular complexity index is 450. The molecule has 0 saturated heterocycles. The van der Waals surface area contributed by atoms with Crippen LogP contribution >= 0.6 is 0 Å². The van der Waals surface area contributed by atoms with Gasteiger partial charge in [0.15, 0.2) is 0 Å². The van der Waals surface area contributed by atoms with Gasteiger partial charge < -0.3 is 15.2 Å². The normalized spacial score (nSPS) is 11.1. The standard InChI is InChI=1S/C11H15N3O/c12-7-10-4-1-5-11-13-9(3-2-6-15)8-14(10)11/h1,4-5,8,15H,2-3,6-7,12H2. The maximum Gasteiger partial charge on any atom is 0.137 e. The SMILES string of the molecule is NCc1cccc2nc(CCCO)cn12. The summed E-state index contributed by atoms with van der Waals surface area (Å²) in [6.07, 6.45) is 3.55. The Morgan fingerprint density at radius 2 is 2.27 bits per heavy atom. The van der Waals surface area contributed by atoms with Gasteiger partial charge in [0.05, 0.1) is 5.69 Å². The predicted molar refractivity (Wildman–Crippen MR) is 58.5 cm³/mol. The summed E-state index contributed by atoms with van der Waals surface area (Å²) in [5, 5.41) is 8.75. The molecule has 4 nitrogen and oxygen atoms in total. The van der Waals surface area contributed by atoms with Gasteiger partial charge in [-0.1, -0.05) is 6.07 Å². The number of pyridine rings is 1. The van der Waals surface area contributed by atoms with Gasteiger partial charge in [-0.2, -0.15) is 0 Å². The summed E-state index contributed by atoms with van der Waals surface area (Å²) in [4.78, 5) is 4.46. The topological polar surface area (TPSA) is 63.5 Å². The summed E-state index contributed by atoms with van der Waals surface area (Å²) >= 11 is 0. The molecular formula is C11H15N3O. The minimum absolute atomic E-state index is 0.206. The molecule has 2 aromatic rings. The van der Waals surface area contributed by atoms with Gasteiger partial charge in [0, 0.05) is 25.0 Å². The molecule has 0 aliphatic rings. The average molecular weight is 205 g/mol. The van der Waals surface area contributed by atoms with Gasteiger partial charge in [-0.05, 0) is 25.0 Å². The Morgan fingerprint density at radius 1 is 1.40 bits per heavy atom. The molecule has 0 saturated carbocycles. The molecule has 80 valence electrons. The monoisotopic (exact) mass is 205 g/mol. The molecule has 0 atom stereocenters. The van der Waals surface area contributed by atoms with E-state index in [1.54, 1.807) is 0 Å². The lowest BCUT2D eigenvalue weighted by atomic mass is 10.3. The summed E-state index contributed by atoms with van der Waals surface area (Å²) in [5.41, 5.74) is 8.61. The van der Waals surface area contributed by atoms with Gasteiger partial charge >= 0.3 is 0 Å². The maximum absolute atomic E-state index is 8.75. The summed E-state index contributed by atoms with van der Waals surface area (Å²) in [5.74, 6) is 0. The fourth-order valence-electron chi connectivity index (χ4n) is 1.67. The Labute approximate surface area is 88.4 Å². The van der Waals surface area contributed by atoms with Crippen LogP contribution in [0.3, 0.4) is 0 Å². The van der Waals surface area contributed by atoms with Gasteiger partial charge in [0.1, 0.15) is 5.65 Å². The fourth-order valence-corrected chi connectivity index (χ4v) is 1.67. The second-order valence-electron chi connectivity index (χ2n) is 3.51. The third-order valence-corrected chi connectivity index (χ3v) is 2.43. The molecule has 0 spiro atoms. The summed E-state index contributed by atoms with van der Waals surface area (Å²) < 4.78 is 2.01. The third kappa shape index (κ3) is 2.00. The van der Waals surface area contributed by atoms with Crippen molar-refractivity contribution in [2.24, 2.45) is 5.73 Å². The van der Waals surface area contributed by atoms with Crippen LogP contribution in [0.4, 0.5) is 0 Å². The molecule has 0 unspecified atom stereocenters. The van der Waals surface area contributed by atoms with Crippen molar-refractivity contribution in [3.8, 4) is 0 Å². The summed E-state index contributed by atoms with van der Waals surface area (Å²) in [7, 11) is 0. The lowest BCUT2D eigenvalue weighted by molar-refractivity contribution is 0.288. The number of aryl methyl sites for hydroxylation is 1. The first kappa shape index (κ1) is 10.1. The van der Waals surface area contributed by atoms with Crippen molar-refractivity contribution in [2.75, 3.05) is 6.61 Å². The first-order chi connectivity index (χ1) is 7.35. The van der Waals surface area contributed by atoms with Crippen molar-refractivity contribution >= 4 is 5.65 Å². The van der Waals surface area contributed by atoms with Gasteiger partial charge in [-0.15, -0.1) is 0 Å². The second-order valence-corrected chi connectivity index (χ2v) is 3.51. The van der Waals surface area contributed by atoms with Crippen LogP contribution < -0.4 is 5.73 Å². The number of aliphatic hydroxyl groups excluding tert-OH is 1. The summed E-state index contributed by atoms with van der Waals surface area (Å²) in [6.45, 7) is 0.713. The van der Waals surface area contributed by atoms with E-state index in [2.05, 4.69) is 4.98 Å². The molecule has 0 aliphatic carbocycles. The number of hydrogen-bond acceptors (Lipinski definition) is 3. The van der Waals surface area contributed by atoms with Crippen molar-refractivity contribution in [1.82, 2.24) is 9.38 Å². The minimum atomic E-state index is 0.206. The van der Waals surface area contributed by atoms with Crippen LogP contribution in [0, 0.1) is 0 Å². The van der Waals surface area contributed by atoms with Gasteiger partial charge in [-0.3, -0.25) is 0 Å². The van der Waals surface area contributed by atoms with E-state index in [1.165, 1.54) is 0 Å². The fraction of sp³-hybridized carbons (Fsp3) is 0.364. The Kier molecular flexibility index (Phi) is 2.99. The number of fused-ring (bicyclic) bond motifs is 1. The molecule has 0 aliphatic heterocycles. The van der Waals surface area contributed by atoms with E-state index in [-0.39, 0.29) is 6.61 Å². The van der Waals surface area contributed by atoms with Crippen LogP contribution in [-0.4, -0.2) is 21.1 Å². The number of imidazole rings is 1. The molecule has 15 heavy (non-hydrogen) atoms. The number of aromatic nitrogens is 2. The number of aliphatic hydroxyl groups is 1. The molecule has 0 aromatic carbocycles. The highest BCUT2D eigenvalue weighted by molar-refractivity contribution is 5.41. The lowest BCUT2D eigenvalue weighted by Gasteiger charge is -1.99. The minimum Gasteiger partial charge on any atom is -0.396 e. The van der Waals surface area contributed by atoms with E-state index in [0.29, 0.717) is 6.54 Å². The molecule has 2 heterocycles. The molecule has 2 aromatic heterocycles. The highest BCUT2D eigenvalue weighted by Gasteiger charge is 2.03. The molecule has 0 fully saturated rings. The number of rotatable bonds is 4.